The van der Waals surface area contributed by atoms with Crippen molar-refractivity contribution in [2.24, 2.45) is 0 Å². The van der Waals surface area contributed by atoms with Gasteiger partial charge in [-0.1, -0.05) is 123 Å². The van der Waals surface area contributed by atoms with Gasteiger partial charge in [0, 0.05) is 55.6 Å². The lowest BCUT2D eigenvalue weighted by atomic mass is 9.89. The van der Waals surface area contributed by atoms with Crippen LogP contribution in [0, 0.1) is 6.85 Å². The maximum atomic E-state index is 10.5. The van der Waals surface area contributed by atoms with Crippen molar-refractivity contribution in [3.8, 4) is 33.8 Å². The van der Waals surface area contributed by atoms with Crippen molar-refractivity contribution < 1.29 is 24.2 Å². The summed E-state index contributed by atoms with van der Waals surface area (Å²) in [7, 11) is -6.25. The molecule has 0 radical (unpaired) electrons. The van der Waals surface area contributed by atoms with Crippen LogP contribution < -0.4 is 4.74 Å². The smallest absolute Gasteiger partial charge is 0.307 e. The third-order valence-corrected chi connectivity index (χ3v) is 20.3. The molecule has 68 heavy (non-hydrogen) atoms. The third-order valence-electron chi connectivity index (χ3n) is 14.4. The van der Waals surface area contributed by atoms with Gasteiger partial charge in [-0.05, 0) is 163 Å². The van der Waals surface area contributed by atoms with Gasteiger partial charge in [0.15, 0.2) is 5.58 Å². The highest BCUT2D eigenvalue weighted by Gasteiger charge is 2.38. The van der Waals surface area contributed by atoms with Gasteiger partial charge >= 0.3 is 5.84 Å². The standard InChI is InChI=1S/C62H56N2O2S2/c1-41-19-16-30-54-59(41)63-62-64(54)55-31-17-28-50(60(55)66-62)48-37-35-46(39-52(48)42-20-10-11-21-42)68(44-24-6-4-7-25-44,45-26-8-5-9-27-45)47-36-38-49(53(40-47)43-22-12-13-23-43)51-29-18-34-58-61(51)65-56-32-14-15-33-57(56)67(58,2)3/h4-9,14-19,24-40,42-43H,10-13,20-23H2,1-3H3/i1D3,2D3,3D3,42D,43D. The summed E-state index contributed by atoms with van der Waals surface area (Å²) in [6.07, 6.45) is 0.0953. The predicted octanol–water partition coefficient (Wildman–Crippen LogP) is 18.1. The van der Waals surface area contributed by atoms with E-state index >= 15 is 0 Å². The number of hydrogen-bond acceptors (Lipinski definition) is 3. The molecular formula is C62H56N2O2S2. The highest BCUT2D eigenvalue weighted by Crippen LogP contribution is 2.75. The number of nitrogens with zero attached hydrogens (tertiary/aromatic N) is 2. The van der Waals surface area contributed by atoms with E-state index in [1.807, 2.05) is 52.9 Å². The summed E-state index contributed by atoms with van der Waals surface area (Å²) in [6.45, 7) is -2.37. The van der Waals surface area contributed by atoms with Crippen LogP contribution in [0.15, 0.2) is 210 Å². The van der Waals surface area contributed by atoms with Crippen molar-refractivity contribution in [2.45, 2.75) is 99.4 Å². The zero-order chi connectivity index (χ0) is 54.9. The normalized spacial score (nSPS) is 20.7. The molecule has 13 rings (SSSR count). The largest absolute Gasteiger partial charge is 0.454 e. The zero-order valence-electron chi connectivity index (χ0n) is 48.4. The van der Waals surface area contributed by atoms with E-state index in [9.17, 15) is 2.74 Å². The van der Waals surface area contributed by atoms with E-state index in [1.54, 1.807) is 48.5 Å². The molecule has 8 aromatic carbocycles. The van der Waals surface area contributed by atoms with Crippen LogP contribution >= 0.6 is 20.1 Å². The van der Waals surface area contributed by atoms with Crippen LogP contribution in [-0.4, -0.2) is 21.8 Å². The molecule has 10 aromatic rings. The van der Waals surface area contributed by atoms with Gasteiger partial charge in [-0.2, -0.15) is 15.0 Å². The Morgan fingerprint density at radius 3 is 1.79 bits per heavy atom. The molecule has 0 N–H and O–H groups in total. The van der Waals surface area contributed by atoms with Gasteiger partial charge < -0.3 is 9.15 Å². The van der Waals surface area contributed by atoms with Crippen molar-refractivity contribution in [3.63, 3.8) is 0 Å². The molecule has 2 aromatic heterocycles. The molecule has 2 aliphatic carbocycles. The zero-order valence-corrected chi connectivity index (χ0v) is 39.1. The summed E-state index contributed by atoms with van der Waals surface area (Å²) in [5, 5.41) is 0. The predicted molar refractivity (Wildman–Crippen MR) is 283 cm³/mol. The van der Waals surface area contributed by atoms with Gasteiger partial charge in [0.25, 0.3) is 0 Å². The quantitative estimate of drug-likeness (QED) is 0.152. The summed E-state index contributed by atoms with van der Waals surface area (Å²) in [4.78, 5) is 9.13. The summed E-state index contributed by atoms with van der Waals surface area (Å²) < 4.78 is 115. The van der Waals surface area contributed by atoms with E-state index in [2.05, 4.69) is 78.9 Å². The highest BCUT2D eigenvalue weighted by molar-refractivity contribution is 8.34. The number of fused-ring (bicyclic) bond motifs is 7. The summed E-state index contributed by atoms with van der Waals surface area (Å²) >= 11 is 0. The number of aromatic nitrogens is 2. The van der Waals surface area contributed by atoms with Crippen LogP contribution in [0.4, 0.5) is 0 Å². The fourth-order valence-corrected chi connectivity index (χ4v) is 16.8. The Hall–Kier alpha value is -6.47. The molecule has 0 saturated heterocycles. The second kappa shape index (κ2) is 16.4. The molecule has 3 heterocycles. The lowest BCUT2D eigenvalue weighted by molar-refractivity contribution is 0.454. The third kappa shape index (κ3) is 6.40. The molecule has 0 bridgehead atoms. The number of hydrogen-bond donors (Lipinski definition) is 0. The minimum absolute atomic E-state index is 0.136. The van der Waals surface area contributed by atoms with E-state index in [1.165, 1.54) is 0 Å². The van der Waals surface area contributed by atoms with E-state index < -0.39 is 51.1 Å². The fourth-order valence-electron chi connectivity index (χ4n) is 11.3. The first-order valence-electron chi connectivity index (χ1n) is 29.1. The highest BCUT2D eigenvalue weighted by atomic mass is 32.3. The monoisotopic (exact) mass is 935 g/mol. The maximum absolute atomic E-state index is 10.5. The average molecular weight is 936 g/mol. The summed E-state index contributed by atoms with van der Waals surface area (Å²) in [5.74, 6) is -1.36. The van der Waals surface area contributed by atoms with Crippen molar-refractivity contribution in [1.29, 1.82) is 0 Å². The summed E-state index contributed by atoms with van der Waals surface area (Å²) in [5.41, 5.74) is 6.96. The Balaban J connectivity index is 1.07. The molecule has 0 spiro atoms. The number of para-hydroxylation sites is 4. The second-order valence-electron chi connectivity index (χ2n) is 18.2. The van der Waals surface area contributed by atoms with Gasteiger partial charge in [-0.3, -0.25) is 4.40 Å². The number of rotatable bonds is 8. The molecule has 0 atom stereocenters. The van der Waals surface area contributed by atoms with E-state index in [0.29, 0.717) is 53.4 Å². The van der Waals surface area contributed by atoms with Gasteiger partial charge in [0.1, 0.15) is 11.5 Å². The van der Waals surface area contributed by atoms with Gasteiger partial charge in [-0.25, -0.2) is 0 Å². The molecule has 0 amide bonds. The van der Waals surface area contributed by atoms with E-state index in [-0.39, 0.29) is 32.7 Å². The van der Waals surface area contributed by atoms with Crippen LogP contribution in [0.5, 0.6) is 11.5 Å². The molecule has 2 saturated carbocycles. The van der Waals surface area contributed by atoms with Crippen molar-refractivity contribution in [2.75, 3.05) is 12.4 Å². The number of oxazole rings is 1. The molecule has 3 aliphatic rings. The van der Waals surface area contributed by atoms with Crippen molar-refractivity contribution in [1.82, 2.24) is 9.38 Å². The average Bonchev–Trinajstić information content (AvgIpc) is 4.44. The molecule has 0 unspecified atom stereocenters. The SMILES string of the molecule is [2H]C([2H])([2H])c1cccc2c1nc1oc3c(-c4ccc(S(c5ccccc5)(c5ccccc5)c5ccc(-c6cccc7c6Oc6ccccc6S7(C([2H])([2H])[2H])C([2H])([2H])[2H])c(C6([2H])CCCC6)c5)cc4C4([2H])CCCC4)cccc3n12. The van der Waals surface area contributed by atoms with Gasteiger partial charge in [0.05, 0.1) is 16.6 Å². The lowest BCUT2D eigenvalue weighted by Gasteiger charge is -2.43. The molecular weight excluding hydrogens is 869 g/mol. The Labute approximate surface area is 418 Å². The minimum Gasteiger partial charge on any atom is -0.454 e. The maximum Gasteiger partial charge on any atom is 0.307 e. The molecule has 2 fully saturated rings. The second-order valence-corrected chi connectivity index (χ2v) is 23.4. The molecule has 1 aliphatic heterocycles. The number of ether oxygens (including phenoxy) is 1. The van der Waals surface area contributed by atoms with Crippen molar-refractivity contribution in [3.05, 3.63) is 193 Å². The molecule has 6 heteroatoms. The first-order valence-corrected chi connectivity index (χ1v) is 26.9. The topological polar surface area (TPSA) is 39.7 Å². The van der Waals surface area contributed by atoms with Gasteiger partial charge in [-0.15, -0.1) is 10.0 Å². The number of benzene rings is 8. The number of imidazole rings is 1. The lowest BCUT2D eigenvalue weighted by Crippen LogP contribution is -2.10. The minimum atomic E-state index is -3.75. The Morgan fingerprint density at radius 2 is 1.13 bits per heavy atom. The van der Waals surface area contributed by atoms with Crippen LogP contribution in [0.2, 0.25) is 0 Å². The fraction of sp³-hybridized carbons (Fsp3) is 0.210. The first kappa shape index (κ1) is 31.6. The molecule has 338 valence electrons. The molecule has 4 nitrogen and oxygen atoms in total. The Kier molecular flexibility index (Phi) is 7.59. The van der Waals surface area contributed by atoms with Crippen LogP contribution in [0.25, 0.3) is 50.2 Å². The van der Waals surface area contributed by atoms with Crippen LogP contribution in [0.1, 0.15) is 94.9 Å². The summed E-state index contributed by atoms with van der Waals surface area (Å²) in [6, 6.07) is 56.9. The first-order chi connectivity index (χ1) is 37.8. The Bertz CT molecular complexity index is 3970. The van der Waals surface area contributed by atoms with Crippen molar-refractivity contribution >= 4 is 48.0 Å². The van der Waals surface area contributed by atoms with Crippen LogP contribution in [0.3, 0.4) is 0 Å². The van der Waals surface area contributed by atoms with Gasteiger partial charge in [0.2, 0.25) is 0 Å². The van der Waals surface area contributed by atoms with Crippen LogP contribution in [-0.2, 0) is 0 Å². The van der Waals surface area contributed by atoms with E-state index in [4.69, 9.17) is 26.5 Å². The number of aryl methyl sites for hydroxylation is 1. The Morgan fingerprint density at radius 1 is 0.559 bits per heavy atom. The van der Waals surface area contributed by atoms with E-state index in [0.717, 1.165) is 73.0 Å².